The van der Waals surface area contributed by atoms with Crippen molar-refractivity contribution in [2.75, 3.05) is 53.1 Å². The Balaban J connectivity index is 1.64. The van der Waals surface area contributed by atoms with Gasteiger partial charge in [-0.2, -0.15) is 0 Å². The van der Waals surface area contributed by atoms with Crippen LogP contribution in [0.5, 0.6) is 0 Å². The normalized spacial score (nSPS) is 29.8. The van der Waals surface area contributed by atoms with Gasteiger partial charge in [-0.3, -0.25) is 4.99 Å². The molecule has 1 aliphatic carbocycles. The number of hydrogen-bond acceptors (Lipinski definition) is 3. The zero-order chi connectivity index (χ0) is 16.9. The molecule has 5 nitrogen and oxygen atoms in total. The number of hydrogen-bond donors (Lipinski definition) is 1. The van der Waals surface area contributed by atoms with Gasteiger partial charge in [0.2, 0.25) is 0 Å². The third kappa shape index (κ3) is 4.05. The van der Waals surface area contributed by atoms with E-state index in [-0.39, 0.29) is 0 Å². The fraction of sp³-hybridized carbons (Fsp3) is 0.947. The highest BCUT2D eigenvalue weighted by Gasteiger charge is 2.42. The number of nitrogens with one attached hydrogen (secondary N) is 1. The number of likely N-dealkylation sites (tertiary alicyclic amines) is 1. The van der Waals surface area contributed by atoms with Crippen molar-refractivity contribution >= 4 is 5.96 Å². The van der Waals surface area contributed by atoms with Crippen LogP contribution in [0, 0.1) is 10.8 Å². The zero-order valence-electron chi connectivity index (χ0n) is 15.6. The van der Waals surface area contributed by atoms with Crippen LogP contribution in [0.1, 0.15) is 51.9 Å². The summed E-state index contributed by atoms with van der Waals surface area (Å²) in [6.45, 7) is 8.97. The molecule has 0 aromatic heterocycles. The van der Waals surface area contributed by atoms with Crippen LogP contribution in [-0.4, -0.2) is 64.0 Å². The van der Waals surface area contributed by atoms with Gasteiger partial charge in [0.1, 0.15) is 0 Å². The first-order valence-electron chi connectivity index (χ1n) is 9.81. The van der Waals surface area contributed by atoms with Gasteiger partial charge >= 0.3 is 0 Å². The summed E-state index contributed by atoms with van der Waals surface area (Å²) >= 11 is 0. The molecule has 1 unspecified atom stereocenters. The molecule has 0 radical (unpaired) electrons. The fourth-order valence-corrected chi connectivity index (χ4v) is 4.69. The van der Waals surface area contributed by atoms with Crippen LogP contribution in [0.4, 0.5) is 0 Å². The van der Waals surface area contributed by atoms with Gasteiger partial charge in [0, 0.05) is 51.9 Å². The maximum Gasteiger partial charge on any atom is 0.193 e. The highest BCUT2D eigenvalue weighted by Crippen LogP contribution is 2.42. The van der Waals surface area contributed by atoms with Crippen molar-refractivity contribution in [3.05, 3.63) is 0 Å². The highest BCUT2D eigenvalue weighted by molar-refractivity contribution is 5.80. The van der Waals surface area contributed by atoms with E-state index >= 15 is 0 Å². The summed E-state index contributed by atoms with van der Waals surface area (Å²) in [6.07, 6.45) is 8.89. The largest absolute Gasteiger partial charge is 0.385 e. The predicted molar refractivity (Wildman–Crippen MR) is 97.4 cm³/mol. The molecule has 0 aromatic rings. The van der Waals surface area contributed by atoms with Gasteiger partial charge in [-0.25, -0.2) is 0 Å². The van der Waals surface area contributed by atoms with Crippen molar-refractivity contribution in [3.8, 4) is 0 Å². The summed E-state index contributed by atoms with van der Waals surface area (Å²) < 4.78 is 11.0. The lowest BCUT2D eigenvalue weighted by Crippen LogP contribution is -2.42. The first kappa shape index (κ1) is 18.0. The second kappa shape index (κ2) is 8.05. The summed E-state index contributed by atoms with van der Waals surface area (Å²) in [6, 6.07) is 0. The third-order valence-electron chi connectivity index (χ3n) is 6.32. The van der Waals surface area contributed by atoms with Crippen LogP contribution in [-0.2, 0) is 9.47 Å². The number of methoxy groups -OCH3 is 1. The Morgan fingerprint density at radius 2 is 2.08 bits per heavy atom. The average molecular weight is 338 g/mol. The van der Waals surface area contributed by atoms with E-state index in [0.29, 0.717) is 10.8 Å². The third-order valence-corrected chi connectivity index (χ3v) is 6.32. The smallest absolute Gasteiger partial charge is 0.193 e. The minimum atomic E-state index is 0.366. The fourth-order valence-electron chi connectivity index (χ4n) is 4.69. The van der Waals surface area contributed by atoms with Gasteiger partial charge in [0.15, 0.2) is 5.96 Å². The van der Waals surface area contributed by atoms with Crippen molar-refractivity contribution in [2.24, 2.45) is 15.8 Å². The van der Waals surface area contributed by atoms with E-state index in [1.54, 1.807) is 0 Å². The van der Waals surface area contributed by atoms with Gasteiger partial charge in [0.25, 0.3) is 0 Å². The zero-order valence-corrected chi connectivity index (χ0v) is 15.6. The molecule has 2 aliphatic heterocycles. The minimum Gasteiger partial charge on any atom is -0.385 e. The molecule has 3 aliphatic rings. The van der Waals surface area contributed by atoms with Crippen molar-refractivity contribution in [2.45, 2.75) is 51.9 Å². The molecule has 1 spiro atoms. The second-order valence-corrected chi connectivity index (χ2v) is 8.09. The van der Waals surface area contributed by atoms with Crippen molar-refractivity contribution in [1.82, 2.24) is 10.2 Å². The van der Waals surface area contributed by atoms with E-state index in [9.17, 15) is 0 Å². The van der Waals surface area contributed by atoms with Crippen LogP contribution in [0.3, 0.4) is 0 Å². The first-order valence-corrected chi connectivity index (χ1v) is 9.81. The molecule has 24 heavy (non-hydrogen) atoms. The molecule has 0 amide bonds. The molecule has 1 saturated carbocycles. The Hall–Kier alpha value is -0.810. The summed E-state index contributed by atoms with van der Waals surface area (Å²) in [5.41, 5.74) is 0.752. The lowest BCUT2D eigenvalue weighted by molar-refractivity contribution is 0.141. The maximum atomic E-state index is 5.67. The lowest BCUT2D eigenvalue weighted by atomic mass is 9.83. The van der Waals surface area contributed by atoms with Crippen molar-refractivity contribution in [1.29, 1.82) is 0 Å². The molecule has 138 valence electrons. The van der Waals surface area contributed by atoms with Crippen LogP contribution in [0.25, 0.3) is 0 Å². The van der Waals surface area contributed by atoms with E-state index in [4.69, 9.17) is 14.5 Å². The Morgan fingerprint density at radius 3 is 2.75 bits per heavy atom. The highest BCUT2D eigenvalue weighted by atomic mass is 16.5. The van der Waals surface area contributed by atoms with E-state index in [1.807, 2.05) is 7.11 Å². The molecule has 3 fully saturated rings. The number of nitrogens with zero attached hydrogens (tertiary/aromatic N) is 2. The molecule has 1 atom stereocenters. The standard InChI is InChI=1S/C19H35N3O2/c1-3-20-17(22-11-8-19(15-22)10-13-24-16-19)21-14-18(9-12-23-2)6-4-5-7-18/h3-16H2,1-2H3,(H,20,21). The van der Waals surface area contributed by atoms with Gasteiger partial charge in [-0.05, 0) is 44.4 Å². The average Bonchev–Trinajstić information content (AvgIpc) is 3.33. The van der Waals surface area contributed by atoms with Crippen LogP contribution in [0.15, 0.2) is 4.99 Å². The molecule has 5 heteroatoms. The Labute approximate surface area is 147 Å². The van der Waals surface area contributed by atoms with Gasteiger partial charge in [-0.1, -0.05) is 12.8 Å². The summed E-state index contributed by atoms with van der Waals surface area (Å²) in [7, 11) is 1.81. The molecule has 0 aromatic carbocycles. The van der Waals surface area contributed by atoms with E-state index < -0.39 is 0 Å². The number of guanidine groups is 1. The Morgan fingerprint density at radius 1 is 1.25 bits per heavy atom. The molecular weight excluding hydrogens is 302 g/mol. The molecule has 1 N–H and O–H groups in total. The minimum absolute atomic E-state index is 0.366. The van der Waals surface area contributed by atoms with Crippen LogP contribution in [0.2, 0.25) is 0 Å². The number of ether oxygens (including phenoxy) is 2. The topological polar surface area (TPSA) is 46.1 Å². The van der Waals surface area contributed by atoms with E-state index in [2.05, 4.69) is 17.1 Å². The Bertz CT molecular complexity index is 426. The second-order valence-electron chi connectivity index (χ2n) is 8.09. The lowest BCUT2D eigenvalue weighted by Gasteiger charge is -2.29. The monoisotopic (exact) mass is 337 g/mol. The molecule has 3 rings (SSSR count). The summed E-state index contributed by atoms with van der Waals surface area (Å²) in [4.78, 5) is 7.56. The summed E-state index contributed by atoms with van der Waals surface area (Å²) in [5, 5.41) is 3.53. The van der Waals surface area contributed by atoms with Crippen LogP contribution >= 0.6 is 0 Å². The first-order chi connectivity index (χ1) is 11.7. The number of aliphatic imine (C=N–C) groups is 1. The van der Waals surface area contributed by atoms with Crippen molar-refractivity contribution < 1.29 is 9.47 Å². The molecular formula is C19H35N3O2. The van der Waals surface area contributed by atoms with Gasteiger partial charge in [-0.15, -0.1) is 0 Å². The van der Waals surface area contributed by atoms with Gasteiger partial charge in [0.05, 0.1) is 6.61 Å². The SMILES string of the molecule is CCNC(=NCC1(CCOC)CCCC1)N1CCC2(CCOC2)C1. The van der Waals surface area contributed by atoms with Crippen LogP contribution < -0.4 is 5.32 Å². The molecule has 2 saturated heterocycles. The molecule has 0 bridgehead atoms. The maximum absolute atomic E-state index is 5.67. The number of rotatable bonds is 6. The van der Waals surface area contributed by atoms with E-state index in [1.165, 1.54) is 38.5 Å². The predicted octanol–water partition coefficient (Wildman–Crippen LogP) is 2.66. The van der Waals surface area contributed by atoms with Crippen molar-refractivity contribution in [3.63, 3.8) is 0 Å². The Kier molecular flexibility index (Phi) is 6.03. The quantitative estimate of drug-likeness (QED) is 0.598. The summed E-state index contributed by atoms with van der Waals surface area (Å²) in [5.74, 6) is 1.12. The van der Waals surface area contributed by atoms with Gasteiger partial charge < -0.3 is 19.7 Å². The van der Waals surface area contributed by atoms with E-state index in [0.717, 1.165) is 58.4 Å². The molecule has 2 heterocycles.